The number of esters is 4. The first-order valence-corrected chi connectivity index (χ1v) is 20.6. The third-order valence-corrected chi connectivity index (χ3v) is 14.2. The van der Waals surface area contributed by atoms with E-state index in [9.17, 15) is 19.2 Å². The van der Waals surface area contributed by atoms with Crippen molar-refractivity contribution in [2.75, 3.05) is 28.4 Å². The zero-order valence-corrected chi connectivity index (χ0v) is 35.3. The van der Waals surface area contributed by atoms with Crippen molar-refractivity contribution in [3.63, 3.8) is 0 Å². The van der Waals surface area contributed by atoms with Crippen LogP contribution in [0.1, 0.15) is 90.4 Å². The number of rotatable bonds is 12. The number of H-pyrrole nitrogens is 2. The third-order valence-electron chi connectivity index (χ3n) is 10.8. The van der Waals surface area contributed by atoms with Gasteiger partial charge in [0.2, 0.25) is 0 Å². The first-order valence-electron chi connectivity index (χ1n) is 18.7. The predicted octanol–water partition coefficient (Wildman–Crippen LogP) is 5.96. The van der Waals surface area contributed by atoms with Crippen molar-refractivity contribution >= 4 is 76.5 Å². The standard InChI is InChI=1S/C44H48N4O8Se/c1-24-25(2)32-23-38-44(3,4)43(57-26-12-10-9-11-13-26)37(48-38)22-36-30(19-42(52)56-8)28(15-17-40(50)54-6)34(47-36)21-33-27(14-16-39(49)53-5)29(18-41(51)55-7)35(46-33)20-31(24)45-32/h9-13,20-23,43,46-47H,14-19H2,1-8H3. The molecule has 12 nitrogen and oxygen atoms in total. The van der Waals surface area contributed by atoms with Gasteiger partial charge >= 0.3 is 306 Å². The summed E-state index contributed by atoms with van der Waals surface area (Å²) in [5, 5.41) is 0. The van der Waals surface area contributed by atoms with Gasteiger partial charge in [-0.15, -0.1) is 0 Å². The van der Waals surface area contributed by atoms with Gasteiger partial charge in [-0.25, -0.2) is 0 Å². The number of carbonyl (C=O) groups excluding carboxylic acids is 4. The Kier molecular flexibility index (Phi) is 12.5. The topological polar surface area (TPSA) is 163 Å². The molecule has 57 heavy (non-hydrogen) atoms. The molecular formula is C44H48N4O8Se. The van der Waals surface area contributed by atoms with Crippen molar-refractivity contribution in [3.05, 3.63) is 99.6 Å². The molecule has 298 valence electrons. The van der Waals surface area contributed by atoms with Crippen LogP contribution in [0, 0.1) is 0 Å². The van der Waals surface area contributed by atoms with Crippen LogP contribution in [-0.4, -0.2) is 87.2 Å². The van der Waals surface area contributed by atoms with E-state index in [1.807, 2.05) is 50.2 Å². The van der Waals surface area contributed by atoms with Gasteiger partial charge in [-0.1, -0.05) is 0 Å². The van der Waals surface area contributed by atoms with Crippen LogP contribution in [0.15, 0.2) is 54.6 Å². The quantitative estimate of drug-likeness (QED) is 0.0990. The Hall–Kier alpha value is -5.52. The van der Waals surface area contributed by atoms with Crippen molar-refractivity contribution in [2.24, 2.45) is 0 Å². The predicted molar refractivity (Wildman–Crippen MR) is 219 cm³/mol. The number of carbonyl (C=O) groups is 4. The molecule has 13 heteroatoms. The molecule has 0 radical (unpaired) electrons. The fourth-order valence-corrected chi connectivity index (χ4v) is 9.95. The molecule has 0 saturated heterocycles. The number of methoxy groups -OCH3 is 4. The van der Waals surface area contributed by atoms with Crippen LogP contribution < -0.4 is 4.46 Å². The monoisotopic (exact) mass is 840 g/mol. The number of nitrogens with zero attached hydrogens (tertiary/aromatic N) is 2. The third kappa shape index (κ3) is 8.74. The molecule has 4 aromatic rings. The van der Waals surface area contributed by atoms with E-state index in [-0.39, 0.29) is 58.3 Å². The summed E-state index contributed by atoms with van der Waals surface area (Å²) in [4.78, 5) is 68.8. The summed E-state index contributed by atoms with van der Waals surface area (Å²) < 4.78 is 21.6. The molecule has 8 bridgehead atoms. The number of nitrogens with one attached hydrogen (secondary N) is 2. The van der Waals surface area contributed by atoms with Crippen LogP contribution in [-0.2, 0) is 69.2 Å². The van der Waals surface area contributed by atoms with Crippen molar-refractivity contribution < 1.29 is 38.1 Å². The van der Waals surface area contributed by atoms with Crippen LogP contribution in [0.2, 0.25) is 0 Å². The van der Waals surface area contributed by atoms with Crippen LogP contribution in [0.4, 0.5) is 0 Å². The molecule has 6 rings (SSSR count). The maximum atomic E-state index is 13.1. The molecule has 1 atom stereocenters. The molecule has 0 saturated carbocycles. The molecule has 0 amide bonds. The van der Waals surface area contributed by atoms with Gasteiger partial charge in [0.15, 0.2) is 0 Å². The van der Waals surface area contributed by atoms with Crippen LogP contribution >= 0.6 is 0 Å². The second-order valence-corrected chi connectivity index (χ2v) is 17.1. The van der Waals surface area contributed by atoms with E-state index in [1.165, 1.54) is 32.9 Å². The fraction of sp³-hybridized carbons (Fsp3) is 0.364. The van der Waals surface area contributed by atoms with E-state index < -0.39 is 29.3 Å². The summed E-state index contributed by atoms with van der Waals surface area (Å²) in [6.45, 7) is 8.50. The first kappa shape index (κ1) is 41.1. The van der Waals surface area contributed by atoms with Crippen LogP contribution in [0.5, 0.6) is 0 Å². The molecule has 0 fully saturated rings. The minimum absolute atomic E-state index is 0.00769. The number of hydrogen-bond acceptors (Lipinski definition) is 10. The van der Waals surface area contributed by atoms with Gasteiger partial charge in [-0.05, 0) is 0 Å². The molecule has 1 unspecified atom stereocenters. The van der Waals surface area contributed by atoms with E-state index >= 15 is 0 Å². The second-order valence-electron chi connectivity index (χ2n) is 14.6. The Morgan fingerprint density at radius 1 is 0.632 bits per heavy atom. The van der Waals surface area contributed by atoms with Crippen LogP contribution in [0.25, 0.3) is 33.2 Å². The number of hydrogen-bond donors (Lipinski definition) is 2. The Balaban J connectivity index is 1.78. The zero-order chi connectivity index (χ0) is 41.0. The summed E-state index contributed by atoms with van der Waals surface area (Å²) in [7, 11) is 5.36. The Labute approximate surface area is 338 Å². The molecule has 5 heterocycles. The first-order chi connectivity index (χ1) is 27.3. The molecule has 0 spiro atoms. The average Bonchev–Trinajstić information content (AvgIpc) is 3.85. The Morgan fingerprint density at radius 3 is 1.61 bits per heavy atom. The van der Waals surface area contributed by atoms with Crippen molar-refractivity contribution in [1.82, 2.24) is 19.9 Å². The summed E-state index contributed by atoms with van der Waals surface area (Å²) in [6, 6.07) is 18.3. The molecule has 2 aliphatic rings. The van der Waals surface area contributed by atoms with Gasteiger partial charge in [0.05, 0.1) is 14.2 Å². The Morgan fingerprint density at radius 2 is 1.11 bits per heavy atom. The van der Waals surface area contributed by atoms with E-state index in [1.54, 1.807) is 0 Å². The van der Waals surface area contributed by atoms with Gasteiger partial charge in [0, 0.05) is 0 Å². The van der Waals surface area contributed by atoms with E-state index in [4.69, 9.17) is 28.9 Å². The number of aromatic nitrogens is 4. The number of aryl methyl sites for hydroxylation is 2. The molecule has 3 aromatic heterocycles. The minimum atomic E-state index is -0.450. The summed E-state index contributed by atoms with van der Waals surface area (Å²) in [5.41, 5.74) is 10.2. The fourth-order valence-electron chi connectivity index (χ4n) is 7.34. The molecular weight excluding hydrogens is 791 g/mol. The molecule has 2 N–H and O–H groups in total. The number of ether oxygens (including phenoxy) is 4. The number of allylic oxidation sites excluding steroid dienone is 2. The number of aromatic amines is 2. The van der Waals surface area contributed by atoms with Crippen molar-refractivity contribution in [3.8, 4) is 0 Å². The molecule has 2 aliphatic heterocycles. The SMILES string of the molecule is COC(=O)CCc1c(CC(=O)OC)c2cc3nc(cc4nc(cc5[nH]c(cc1[nH]2)c(CCC(=O)OC)c5CC(=O)OC)C([Se]c1ccccc1)C4(C)C)C(C)=C3C. The Bertz CT molecular complexity index is 2430. The van der Waals surface area contributed by atoms with Gasteiger partial charge in [-0.3, -0.25) is 9.59 Å². The number of benzene rings is 1. The normalized spacial score (nSPS) is 14.6. The van der Waals surface area contributed by atoms with Crippen molar-refractivity contribution in [1.29, 1.82) is 0 Å². The molecule has 0 aliphatic carbocycles. The summed E-state index contributed by atoms with van der Waals surface area (Å²) in [5.74, 6) is -1.70. The summed E-state index contributed by atoms with van der Waals surface area (Å²) in [6.07, 6.45) is 0.475. The van der Waals surface area contributed by atoms with Gasteiger partial charge < -0.3 is 9.47 Å². The maximum absolute atomic E-state index is 13.1. The van der Waals surface area contributed by atoms with Gasteiger partial charge in [-0.2, -0.15) is 0 Å². The average molecular weight is 840 g/mol. The van der Waals surface area contributed by atoms with E-state index in [2.05, 4.69) is 42.0 Å². The zero-order valence-electron chi connectivity index (χ0n) is 33.6. The van der Waals surface area contributed by atoms with Gasteiger partial charge in [0.1, 0.15) is 0 Å². The van der Waals surface area contributed by atoms with E-state index in [0.717, 1.165) is 39.5 Å². The second kappa shape index (κ2) is 17.3. The van der Waals surface area contributed by atoms with Crippen molar-refractivity contribution in [2.45, 2.75) is 76.5 Å². The number of fused-ring (bicyclic) bond motifs is 8. The molecule has 1 aromatic carbocycles. The van der Waals surface area contributed by atoms with Crippen LogP contribution in [0.3, 0.4) is 0 Å². The summed E-state index contributed by atoms with van der Waals surface area (Å²) >= 11 is -0.0370. The van der Waals surface area contributed by atoms with Gasteiger partial charge in [0.25, 0.3) is 0 Å². The van der Waals surface area contributed by atoms with E-state index in [0.29, 0.717) is 38.8 Å².